The van der Waals surface area contributed by atoms with Crippen molar-refractivity contribution in [3.8, 4) is 5.75 Å². The molecule has 4 heteroatoms. The average molecular weight is 265 g/mol. The van der Waals surface area contributed by atoms with Crippen molar-refractivity contribution in [2.24, 2.45) is 5.92 Å². The van der Waals surface area contributed by atoms with Gasteiger partial charge in [0.1, 0.15) is 5.75 Å². The SMILES string of the molecule is COc1cccc(N2CCC(C)C2CO)c1[C@H](C)O. The molecule has 0 saturated carbocycles. The summed E-state index contributed by atoms with van der Waals surface area (Å²) in [6.07, 6.45) is 0.461. The molecule has 2 rings (SSSR count). The number of methoxy groups -OCH3 is 1. The fourth-order valence-electron chi connectivity index (χ4n) is 2.97. The van der Waals surface area contributed by atoms with Crippen molar-refractivity contribution < 1.29 is 14.9 Å². The van der Waals surface area contributed by atoms with Crippen molar-refractivity contribution in [1.29, 1.82) is 0 Å². The third-order valence-corrected chi connectivity index (χ3v) is 4.06. The van der Waals surface area contributed by atoms with Crippen molar-refractivity contribution in [2.75, 3.05) is 25.2 Å². The highest BCUT2D eigenvalue weighted by atomic mass is 16.5. The summed E-state index contributed by atoms with van der Waals surface area (Å²) >= 11 is 0. The third kappa shape index (κ3) is 2.55. The first-order valence-electron chi connectivity index (χ1n) is 6.82. The van der Waals surface area contributed by atoms with Gasteiger partial charge in [-0.05, 0) is 31.4 Å². The number of nitrogens with zero attached hydrogens (tertiary/aromatic N) is 1. The summed E-state index contributed by atoms with van der Waals surface area (Å²) in [5.74, 6) is 1.15. The molecule has 2 N–H and O–H groups in total. The molecule has 4 nitrogen and oxygen atoms in total. The van der Waals surface area contributed by atoms with Crippen LogP contribution in [0.2, 0.25) is 0 Å². The smallest absolute Gasteiger partial charge is 0.126 e. The summed E-state index contributed by atoms with van der Waals surface area (Å²) in [4.78, 5) is 2.19. The van der Waals surface area contributed by atoms with E-state index in [1.807, 2.05) is 18.2 Å². The van der Waals surface area contributed by atoms with Gasteiger partial charge in [-0.15, -0.1) is 0 Å². The minimum absolute atomic E-state index is 0.115. The van der Waals surface area contributed by atoms with E-state index in [0.717, 1.165) is 24.2 Å². The van der Waals surface area contributed by atoms with Crippen molar-refractivity contribution in [3.05, 3.63) is 23.8 Å². The number of ether oxygens (including phenoxy) is 1. The number of benzene rings is 1. The zero-order chi connectivity index (χ0) is 14.0. The van der Waals surface area contributed by atoms with Gasteiger partial charge in [-0.25, -0.2) is 0 Å². The van der Waals surface area contributed by atoms with E-state index in [1.165, 1.54) is 0 Å². The fraction of sp³-hybridized carbons (Fsp3) is 0.600. The van der Waals surface area contributed by atoms with Crippen LogP contribution in [0.3, 0.4) is 0 Å². The normalized spacial score (nSPS) is 24.6. The summed E-state index contributed by atoms with van der Waals surface area (Å²) in [6.45, 7) is 4.94. The fourth-order valence-corrected chi connectivity index (χ4v) is 2.97. The van der Waals surface area contributed by atoms with Crippen LogP contribution in [0, 0.1) is 5.92 Å². The number of hydrogen-bond acceptors (Lipinski definition) is 4. The van der Waals surface area contributed by atoms with Gasteiger partial charge in [0, 0.05) is 17.8 Å². The lowest BCUT2D eigenvalue weighted by Gasteiger charge is -2.30. The van der Waals surface area contributed by atoms with E-state index in [1.54, 1.807) is 14.0 Å². The maximum absolute atomic E-state index is 10.0. The van der Waals surface area contributed by atoms with Gasteiger partial charge < -0.3 is 19.8 Å². The Bertz CT molecular complexity index is 433. The van der Waals surface area contributed by atoms with Gasteiger partial charge >= 0.3 is 0 Å². The quantitative estimate of drug-likeness (QED) is 0.874. The first-order valence-corrected chi connectivity index (χ1v) is 6.82. The Morgan fingerprint density at radius 2 is 2.21 bits per heavy atom. The number of aliphatic hydroxyl groups is 2. The van der Waals surface area contributed by atoms with Crippen LogP contribution < -0.4 is 9.64 Å². The number of anilines is 1. The molecule has 0 bridgehead atoms. The molecule has 0 radical (unpaired) electrons. The molecule has 0 amide bonds. The van der Waals surface area contributed by atoms with Crippen molar-refractivity contribution in [1.82, 2.24) is 0 Å². The largest absolute Gasteiger partial charge is 0.496 e. The van der Waals surface area contributed by atoms with Crippen LogP contribution in [-0.2, 0) is 0 Å². The highest BCUT2D eigenvalue weighted by Gasteiger charge is 2.33. The topological polar surface area (TPSA) is 52.9 Å². The molecule has 1 heterocycles. The first kappa shape index (κ1) is 14.2. The standard InChI is InChI=1S/C15H23NO3/c1-10-7-8-16(13(10)9-17)12-5-4-6-14(19-3)15(12)11(2)18/h4-6,10-11,13,17-18H,7-9H2,1-3H3/t10?,11-,13?/m0/s1. The van der Waals surface area contributed by atoms with Crippen LogP contribution >= 0.6 is 0 Å². The van der Waals surface area contributed by atoms with Crippen molar-refractivity contribution in [3.63, 3.8) is 0 Å². The van der Waals surface area contributed by atoms with Gasteiger partial charge in [-0.3, -0.25) is 0 Å². The van der Waals surface area contributed by atoms with Gasteiger partial charge in [0.05, 0.1) is 25.9 Å². The van der Waals surface area contributed by atoms with Crippen LogP contribution in [0.5, 0.6) is 5.75 Å². The van der Waals surface area contributed by atoms with E-state index < -0.39 is 6.10 Å². The molecule has 19 heavy (non-hydrogen) atoms. The highest BCUT2D eigenvalue weighted by Crippen LogP contribution is 2.38. The molecular formula is C15H23NO3. The molecule has 2 unspecified atom stereocenters. The summed E-state index contributed by atoms with van der Waals surface area (Å²) in [5.41, 5.74) is 1.77. The number of hydrogen-bond donors (Lipinski definition) is 2. The second kappa shape index (κ2) is 5.80. The lowest BCUT2D eigenvalue weighted by Crippen LogP contribution is -2.36. The van der Waals surface area contributed by atoms with E-state index in [9.17, 15) is 10.2 Å². The van der Waals surface area contributed by atoms with Gasteiger partial charge in [-0.1, -0.05) is 13.0 Å². The van der Waals surface area contributed by atoms with E-state index in [4.69, 9.17) is 4.74 Å². The molecule has 0 aromatic heterocycles. The zero-order valence-electron chi connectivity index (χ0n) is 11.8. The van der Waals surface area contributed by atoms with Crippen LogP contribution in [0.1, 0.15) is 31.9 Å². The van der Waals surface area contributed by atoms with Crippen LogP contribution in [0.4, 0.5) is 5.69 Å². The second-order valence-corrected chi connectivity index (χ2v) is 5.28. The molecule has 106 valence electrons. The maximum Gasteiger partial charge on any atom is 0.126 e. The van der Waals surface area contributed by atoms with Crippen molar-refractivity contribution >= 4 is 5.69 Å². The molecular weight excluding hydrogens is 242 g/mol. The Balaban J connectivity index is 2.44. The molecule has 1 aromatic rings. The second-order valence-electron chi connectivity index (χ2n) is 5.28. The van der Waals surface area contributed by atoms with E-state index in [2.05, 4.69) is 11.8 Å². The molecule has 3 atom stereocenters. The van der Waals surface area contributed by atoms with Gasteiger partial charge in [0.15, 0.2) is 0 Å². The van der Waals surface area contributed by atoms with Gasteiger partial charge in [0.25, 0.3) is 0 Å². The number of aliphatic hydroxyl groups excluding tert-OH is 2. The monoisotopic (exact) mass is 265 g/mol. The Labute approximate surface area is 114 Å². The molecule has 1 fully saturated rings. The lowest BCUT2D eigenvalue weighted by molar-refractivity contribution is 0.194. The Morgan fingerprint density at radius 1 is 1.47 bits per heavy atom. The Morgan fingerprint density at radius 3 is 2.79 bits per heavy atom. The van der Waals surface area contributed by atoms with E-state index in [-0.39, 0.29) is 12.6 Å². The first-order chi connectivity index (χ1) is 9.10. The maximum atomic E-state index is 10.0. The third-order valence-electron chi connectivity index (χ3n) is 4.06. The zero-order valence-corrected chi connectivity index (χ0v) is 11.8. The molecule has 1 aliphatic rings. The minimum atomic E-state index is -0.596. The number of rotatable bonds is 4. The van der Waals surface area contributed by atoms with E-state index >= 15 is 0 Å². The lowest BCUT2D eigenvalue weighted by atomic mass is 10.0. The van der Waals surface area contributed by atoms with Gasteiger partial charge in [-0.2, -0.15) is 0 Å². The van der Waals surface area contributed by atoms with Crippen molar-refractivity contribution in [2.45, 2.75) is 32.4 Å². The summed E-state index contributed by atoms with van der Waals surface area (Å²) < 4.78 is 5.35. The summed E-state index contributed by atoms with van der Waals surface area (Å²) in [7, 11) is 1.61. The summed E-state index contributed by atoms with van der Waals surface area (Å²) in [6, 6.07) is 5.89. The molecule has 1 saturated heterocycles. The van der Waals surface area contributed by atoms with Crippen LogP contribution in [0.15, 0.2) is 18.2 Å². The summed E-state index contributed by atoms with van der Waals surface area (Å²) in [5, 5.41) is 19.6. The molecule has 1 aliphatic heterocycles. The molecule has 0 spiro atoms. The van der Waals surface area contributed by atoms with Gasteiger partial charge in [0.2, 0.25) is 0 Å². The predicted molar refractivity (Wildman–Crippen MR) is 75.6 cm³/mol. The molecule has 1 aromatic carbocycles. The molecule has 0 aliphatic carbocycles. The Kier molecular flexibility index (Phi) is 4.32. The predicted octanol–water partition coefficient (Wildman–Crippen LogP) is 1.96. The Hall–Kier alpha value is -1.26. The average Bonchev–Trinajstić information content (AvgIpc) is 2.78. The van der Waals surface area contributed by atoms with Crippen LogP contribution in [-0.4, -0.2) is 36.5 Å². The van der Waals surface area contributed by atoms with E-state index in [0.29, 0.717) is 11.7 Å². The minimum Gasteiger partial charge on any atom is -0.496 e. The van der Waals surface area contributed by atoms with Crippen LogP contribution in [0.25, 0.3) is 0 Å². The highest BCUT2D eigenvalue weighted by molar-refractivity contribution is 5.61.